The highest BCUT2D eigenvalue weighted by Gasteiger charge is 2.17. The summed E-state index contributed by atoms with van der Waals surface area (Å²) in [4.78, 5) is 36.0. The van der Waals surface area contributed by atoms with Crippen molar-refractivity contribution in [3.8, 4) is 11.5 Å². The van der Waals surface area contributed by atoms with E-state index in [0.717, 1.165) is 6.08 Å². The van der Waals surface area contributed by atoms with Crippen LogP contribution in [0, 0.1) is 0 Å². The maximum Gasteiger partial charge on any atom is 0.330 e. The first kappa shape index (κ1) is 24.8. The molecule has 3 aromatic rings. The van der Waals surface area contributed by atoms with Crippen LogP contribution in [0.2, 0.25) is 0 Å². The van der Waals surface area contributed by atoms with Gasteiger partial charge in [0.15, 0.2) is 5.78 Å². The first-order valence-corrected chi connectivity index (χ1v) is 10.5. The number of phenolic OH excluding ortho intramolecular Hbond substituents is 1. The van der Waals surface area contributed by atoms with Crippen LogP contribution in [-0.4, -0.2) is 43.0 Å². The lowest BCUT2D eigenvalue weighted by Gasteiger charge is -2.09. The molecule has 0 aromatic heterocycles. The number of azo groups is 1. The maximum atomic E-state index is 12.8. The van der Waals surface area contributed by atoms with E-state index in [2.05, 4.69) is 22.1 Å². The molecule has 0 saturated carbocycles. The summed E-state index contributed by atoms with van der Waals surface area (Å²) in [6.07, 6.45) is 1.05. The minimum atomic E-state index is -0.559. The topological polar surface area (TPSA) is 127 Å². The molecule has 178 valence electrons. The molecule has 1 amide bonds. The van der Waals surface area contributed by atoms with Crippen molar-refractivity contribution < 1.29 is 29.0 Å². The zero-order valence-electron chi connectivity index (χ0n) is 18.9. The Morgan fingerprint density at radius 2 is 1.71 bits per heavy atom. The van der Waals surface area contributed by atoms with E-state index in [-0.39, 0.29) is 47.6 Å². The predicted octanol–water partition coefficient (Wildman–Crippen LogP) is 4.51. The fraction of sp³-hybridized carbons (Fsp3) is 0.115. The van der Waals surface area contributed by atoms with Gasteiger partial charge in [-0.3, -0.25) is 9.59 Å². The molecule has 2 N–H and O–H groups in total. The molecule has 35 heavy (non-hydrogen) atoms. The summed E-state index contributed by atoms with van der Waals surface area (Å²) in [5.41, 5.74) is 1.57. The number of benzene rings is 3. The SMILES string of the molecule is C=CC(=O)OCCNC(=O)c1ccc(N=Nc2cc(C(=O)c3ccccc3)c(O)cc2OC)cc1. The molecule has 0 heterocycles. The largest absolute Gasteiger partial charge is 0.507 e. The van der Waals surface area contributed by atoms with Crippen molar-refractivity contribution in [1.82, 2.24) is 5.32 Å². The summed E-state index contributed by atoms with van der Waals surface area (Å²) in [5, 5.41) is 21.3. The van der Waals surface area contributed by atoms with Crippen LogP contribution in [0.4, 0.5) is 11.4 Å². The van der Waals surface area contributed by atoms with E-state index in [1.165, 1.54) is 19.2 Å². The molecule has 9 heteroatoms. The second kappa shape index (κ2) is 11.9. The van der Waals surface area contributed by atoms with Crippen LogP contribution >= 0.6 is 0 Å². The third-order valence-corrected chi connectivity index (χ3v) is 4.78. The highest BCUT2D eigenvalue weighted by molar-refractivity contribution is 6.11. The quantitative estimate of drug-likeness (QED) is 0.147. The molecule has 0 aliphatic rings. The highest BCUT2D eigenvalue weighted by Crippen LogP contribution is 2.36. The zero-order valence-corrected chi connectivity index (χ0v) is 18.9. The Labute approximate surface area is 201 Å². The summed E-state index contributed by atoms with van der Waals surface area (Å²) in [7, 11) is 1.41. The van der Waals surface area contributed by atoms with Crippen molar-refractivity contribution in [2.45, 2.75) is 0 Å². The summed E-state index contributed by atoms with van der Waals surface area (Å²) in [5.74, 6) is -1.26. The predicted molar refractivity (Wildman–Crippen MR) is 129 cm³/mol. The number of rotatable bonds is 10. The van der Waals surface area contributed by atoms with Gasteiger partial charge in [-0.05, 0) is 30.3 Å². The molecule has 9 nitrogen and oxygen atoms in total. The number of phenols is 1. The van der Waals surface area contributed by atoms with E-state index >= 15 is 0 Å². The number of nitrogens with zero attached hydrogens (tertiary/aromatic N) is 2. The summed E-state index contributed by atoms with van der Waals surface area (Å²) >= 11 is 0. The Balaban J connectivity index is 1.72. The second-order valence-electron chi connectivity index (χ2n) is 7.11. The molecule has 3 aromatic carbocycles. The van der Waals surface area contributed by atoms with Crippen LogP contribution in [0.15, 0.2) is 89.6 Å². The van der Waals surface area contributed by atoms with E-state index in [1.807, 2.05) is 0 Å². The van der Waals surface area contributed by atoms with Gasteiger partial charge in [0, 0.05) is 23.3 Å². The van der Waals surface area contributed by atoms with Crippen molar-refractivity contribution in [2.24, 2.45) is 10.2 Å². The van der Waals surface area contributed by atoms with Crippen LogP contribution in [0.1, 0.15) is 26.3 Å². The Kier molecular flexibility index (Phi) is 8.44. The lowest BCUT2D eigenvalue weighted by Crippen LogP contribution is -2.27. The lowest BCUT2D eigenvalue weighted by atomic mass is 10.0. The summed E-state index contributed by atoms with van der Waals surface area (Å²) in [6, 6.07) is 17.6. The van der Waals surface area contributed by atoms with Crippen LogP contribution in [0.5, 0.6) is 11.5 Å². The molecular formula is C26H23N3O6. The van der Waals surface area contributed by atoms with Gasteiger partial charge in [-0.2, -0.15) is 5.11 Å². The van der Waals surface area contributed by atoms with Gasteiger partial charge < -0.3 is 19.9 Å². The number of nitrogens with one attached hydrogen (secondary N) is 1. The fourth-order valence-corrected chi connectivity index (χ4v) is 2.99. The van der Waals surface area contributed by atoms with Gasteiger partial charge >= 0.3 is 5.97 Å². The molecule has 0 unspecified atom stereocenters. The molecule has 0 aliphatic carbocycles. The van der Waals surface area contributed by atoms with Gasteiger partial charge in [0.25, 0.3) is 5.91 Å². The Morgan fingerprint density at radius 1 is 1.00 bits per heavy atom. The van der Waals surface area contributed by atoms with Crippen LogP contribution in [-0.2, 0) is 9.53 Å². The Morgan fingerprint density at radius 3 is 2.37 bits per heavy atom. The van der Waals surface area contributed by atoms with Crippen molar-refractivity contribution in [2.75, 3.05) is 20.3 Å². The standard InChI is InChI=1S/C26H23N3O6/c1-3-24(31)35-14-13-27-26(33)18-9-11-19(12-10-18)28-29-21-15-20(22(30)16-23(21)34-2)25(32)17-7-5-4-6-8-17/h3-12,15-16,30H,1,13-14H2,2H3,(H,27,33). The van der Waals surface area contributed by atoms with E-state index in [4.69, 9.17) is 9.47 Å². The fourth-order valence-electron chi connectivity index (χ4n) is 2.99. The van der Waals surface area contributed by atoms with Gasteiger partial charge in [-0.15, -0.1) is 5.11 Å². The first-order valence-electron chi connectivity index (χ1n) is 10.5. The normalized spacial score (nSPS) is 10.5. The number of methoxy groups -OCH3 is 1. The third kappa shape index (κ3) is 6.61. The van der Waals surface area contributed by atoms with E-state index in [0.29, 0.717) is 16.8 Å². The molecule has 0 spiro atoms. The van der Waals surface area contributed by atoms with Crippen LogP contribution in [0.25, 0.3) is 0 Å². The van der Waals surface area contributed by atoms with Gasteiger partial charge in [0.05, 0.1) is 24.9 Å². The first-order chi connectivity index (χ1) is 16.9. The maximum absolute atomic E-state index is 12.8. The minimum absolute atomic E-state index is 0.0338. The Bertz CT molecular complexity index is 1250. The number of esters is 1. The van der Waals surface area contributed by atoms with Gasteiger partial charge in [0.2, 0.25) is 0 Å². The number of carbonyl (C=O) groups is 3. The summed E-state index contributed by atoms with van der Waals surface area (Å²) in [6.45, 7) is 3.48. The number of ether oxygens (including phenoxy) is 2. The molecule has 0 fully saturated rings. The molecule has 0 atom stereocenters. The second-order valence-corrected chi connectivity index (χ2v) is 7.11. The number of hydrogen-bond acceptors (Lipinski definition) is 8. The lowest BCUT2D eigenvalue weighted by molar-refractivity contribution is -0.137. The Hall–Kier alpha value is -4.79. The number of amides is 1. The number of ketones is 1. The van der Waals surface area contributed by atoms with Crippen molar-refractivity contribution >= 4 is 29.0 Å². The molecule has 0 aliphatic heterocycles. The third-order valence-electron chi connectivity index (χ3n) is 4.78. The van der Waals surface area contributed by atoms with E-state index in [1.54, 1.807) is 54.6 Å². The minimum Gasteiger partial charge on any atom is -0.507 e. The average Bonchev–Trinajstić information content (AvgIpc) is 2.90. The molecular weight excluding hydrogens is 450 g/mol. The summed E-state index contributed by atoms with van der Waals surface area (Å²) < 4.78 is 10.1. The van der Waals surface area contributed by atoms with E-state index < -0.39 is 5.97 Å². The average molecular weight is 473 g/mol. The number of hydrogen-bond donors (Lipinski definition) is 2. The van der Waals surface area contributed by atoms with Crippen LogP contribution < -0.4 is 10.1 Å². The zero-order chi connectivity index (χ0) is 25.2. The monoisotopic (exact) mass is 473 g/mol. The molecule has 0 saturated heterocycles. The molecule has 3 rings (SSSR count). The number of aromatic hydroxyl groups is 1. The van der Waals surface area contributed by atoms with Crippen molar-refractivity contribution in [1.29, 1.82) is 0 Å². The number of carbonyl (C=O) groups excluding carboxylic acids is 3. The van der Waals surface area contributed by atoms with Gasteiger partial charge in [-0.1, -0.05) is 36.9 Å². The smallest absolute Gasteiger partial charge is 0.330 e. The van der Waals surface area contributed by atoms with Crippen molar-refractivity contribution in [3.05, 3.63) is 96.1 Å². The van der Waals surface area contributed by atoms with Crippen molar-refractivity contribution in [3.63, 3.8) is 0 Å². The molecule has 0 radical (unpaired) electrons. The molecule has 0 bridgehead atoms. The van der Waals surface area contributed by atoms with E-state index in [9.17, 15) is 19.5 Å². The van der Waals surface area contributed by atoms with Gasteiger partial charge in [-0.25, -0.2) is 4.79 Å². The highest BCUT2D eigenvalue weighted by atomic mass is 16.5. The van der Waals surface area contributed by atoms with Gasteiger partial charge in [0.1, 0.15) is 23.8 Å². The van der Waals surface area contributed by atoms with Crippen LogP contribution in [0.3, 0.4) is 0 Å².